The molecule has 0 saturated carbocycles. The maximum absolute atomic E-state index is 6.14. The summed E-state index contributed by atoms with van der Waals surface area (Å²) in [6.07, 6.45) is 2.11. The number of hydrogen-bond acceptors (Lipinski definition) is 2. The van der Waals surface area contributed by atoms with Crippen LogP contribution in [0.25, 0.3) is 0 Å². The van der Waals surface area contributed by atoms with Gasteiger partial charge in [0.2, 0.25) is 0 Å². The lowest BCUT2D eigenvalue weighted by Crippen LogP contribution is -2.32. The van der Waals surface area contributed by atoms with Crippen molar-refractivity contribution in [2.75, 3.05) is 13.1 Å². The third-order valence-electron chi connectivity index (χ3n) is 2.95. The van der Waals surface area contributed by atoms with Crippen molar-refractivity contribution < 1.29 is 0 Å². The van der Waals surface area contributed by atoms with E-state index in [4.69, 9.17) is 23.2 Å². The molecule has 104 valence electrons. The zero-order chi connectivity index (χ0) is 13.8. The van der Waals surface area contributed by atoms with Crippen LogP contribution in [-0.4, -0.2) is 13.1 Å². The number of aryl methyl sites for hydroxylation is 1. The molecule has 1 N–H and O–H groups in total. The Kier molecular flexibility index (Phi) is 6.46. The molecule has 0 bridgehead atoms. The lowest BCUT2D eigenvalue weighted by Gasteiger charge is -2.25. The smallest absolute Gasteiger partial charge is 0.0976 e. The predicted octanol–water partition coefficient (Wildman–Crippen LogP) is 5.26. The number of hydrogen-bond donors (Lipinski definition) is 1. The number of rotatable bonds is 7. The summed E-state index contributed by atoms with van der Waals surface area (Å²) in [6.45, 7) is 11.2. The fourth-order valence-corrected chi connectivity index (χ4v) is 3.35. The Bertz CT molecular complexity index is 372. The van der Waals surface area contributed by atoms with Crippen molar-refractivity contribution in [3.8, 4) is 0 Å². The molecule has 0 spiro atoms. The summed E-state index contributed by atoms with van der Waals surface area (Å²) in [5.74, 6) is 0.700. The molecular weight excluding hydrogens is 285 g/mol. The Balaban J connectivity index is 2.39. The first kappa shape index (κ1) is 16.3. The molecular formula is C14H23Cl2NS. The highest BCUT2D eigenvalue weighted by atomic mass is 35.5. The van der Waals surface area contributed by atoms with Gasteiger partial charge in [-0.3, -0.25) is 0 Å². The van der Waals surface area contributed by atoms with Gasteiger partial charge in [0.05, 0.1) is 8.67 Å². The molecule has 0 aliphatic carbocycles. The average molecular weight is 308 g/mol. The van der Waals surface area contributed by atoms with Crippen LogP contribution in [0.2, 0.25) is 8.67 Å². The van der Waals surface area contributed by atoms with Gasteiger partial charge < -0.3 is 5.32 Å². The topological polar surface area (TPSA) is 12.0 Å². The lowest BCUT2D eigenvalue weighted by atomic mass is 9.86. The third kappa shape index (κ3) is 5.92. The molecule has 0 amide bonds. The molecule has 0 aliphatic heterocycles. The molecule has 1 rings (SSSR count). The van der Waals surface area contributed by atoms with Crippen molar-refractivity contribution >= 4 is 34.5 Å². The summed E-state index contributed by atoms with van der Waals surface area (Å²) in [7, 11) is 0. The van der Waals surface area contributed by atoms with Gasteiger partial charge in [-0.2, -0.15) is 0 Å². The van der Waals surface area contributed by atoms with Crippen LogP contribution in [0, 0.1) is 11.3 Å². The highest BCUT2D eigenvalue weighted by molar-refractivity contribution is 7.20. The summed E-state index contributed by atoms with van der Waals surface area (Å²) in [5.41, 5.74) is 1.47. The van der Waals surface area contributed by atoms with E-state index in [0.29, 0.717) is 5.92 Å². The third-order valence-corrected chi connectivity index (χ3v) is 4.52. The lowest BCUT2D eigenvalue weighted by molar-refractivity contribution is 0.308. The van der Waals surface area contributed by atoms with Crippen molar-refractivity contribution in [3.05, 3.63) is 20.3 Å². The van der Waals surface area contributed by atoms with Crippen LogP contribution in [0.4, 0.5) is 0 Å². The maximum Gasteiger partial charge on any atom is 0.0976 e. The van der Waals surface area contributed by atoms with Crippen LogP contribution < -0.4 is 5.32 Å². The Morgan fingerprint density at radius 2 is 2.00 bits per heavy atom. The summed E-state index contributed by atoms with van der Waals surface area (Å²) >= 11 is 13.6. The Labute approximate surface area is 125 Å². The van der Waals surface area contributed by atoms with E-state index in [9.17, 15) is 0 Å². The fraction of sp³-hybridized carbons (Fsp3) is 0.714. The predicted molar refractivity (Wildman–Crippen MR) is 84.1 cm³/mol. The summed E-state index contributed by atoms with van der Waals surface area (Å²) in [4.78, 5) is 0. The molecule has 0 unspecified atom stereocenters. The van der Waals surface area contributed by atoms with Crippen molar-refractivity contribution in [2.45, 2.75) is 40.5 Å². The van der Waals surface area contributed by atoms with E-state index in [-0.39, 0.29) is 5.41 Å². The van der Waals surface area contributed by atoms with Gasteiger partial charge in [-0.05, 0) is 42.3 Å². The van der Waals surface area contributed by atoms with Crippen molar-refractivity contribution in [3.63, 3.8) is 0 Å². The van der Waals surface area contributed by atoms with Crippen LogP contribution in [0.5, 0.6) is 0 Å². The zero-order valence-corrected chi connectivity index (χ0v) is 14.0. The molecule has 1 aromatic heterocycles. The molecule has 0 saturated heterocycles. The number of thiophene rings is 1. The van der Waals surface area contributed by atoms with Gasteiger partial charge in [-0.25, -0.2) is 0 Å². The largest absolute Gasteiger partial charge is 0.316 e. The molecule has 0 aliphatic rings. The van der Waals surface area contributed by atoms with Crippen LogP contribution in [0.3, 0.4) is 0 Å². The van der Waals surface area contributed by atoms with Crippen LogP contribution >= 0.6 is 34.5 Å². The normalized spacial score (nSPS) is 12.4. The average Bonchev–Trinajstić information content (AvgIpc) is 2.53. The second-order valence-corrected chi connectivity index (χ2v) is 8.32. The van der Waals surface area contributed by atoms with Gasteiger partial charge in [-0.15, -0.1) is 11.3 Å². The molecule has 1 nitrogen and oxygen atoms in total. The fourth-order valence-electron chi connectivity index (χ4n) is 1.81. The van der Waals surface area contributed by atoms with Crippen molar-refractivity contribution in [1.82, 2.24) is 5.32 Å². The summed E-state index contributed by atoms with van der Waals surface area (Å²) < 4.78 is 1.62. The molecule has 0 fully saturated rings. The summed E-state index contributed by atoms with van der Waals surface area (Å²) in [5, 5.41) is 3.52. The second-order valence-electron chi connectivity index (χ2n) is 6.04. The molecule has 18 heavy (non-hydrogen) atoms. The minimum Gasteiger partial charge on any atom is -0.316 e. The maximum atomic E-state index is 6.14. The van der Waals surface area contributed by atoms with E-state index in [2.05, 4.69) is 33.0 Å². The standard InChI is InChI=1S/C14H23Cl2NS/c1-10(2)8-17-9-14(3,4)6-5-11-7-12(15)18-13(11)16/h7,10,17H,5-6,8-9H2,1-4H3. The number of halogens is 2. The quantitative estimate of drug-likeness (QED) is 0.724. The minimum absolute atomic E-state index is 0.284. The van der Waals surface area contributed by atoms with E-state index in [1.807, 2.05) is 6.07 Å². The van der Waals surface area contributed by atoms with Gasteiger partial charge in [0.25, 0.3) is 0 Å². The van der Waals surface area contributed by atoms with Crippen molar-refractivity contribution in [1.29, 1.82) is 0 Å². The van der Waals surface area contributed by atoms with E-state index in [1.54, 1.807) is 0 Å². The second kappa shape index (κ2) is 7.14. The first-order valence-electron chi connectivity index (χ1n) is 6.44. The van der Waals surface area contributed by atoms with Gasteiger partial charge >= 0.3 is 0 Å². The van der Waals surface area contributed by atoms with Crippen LogP contribution in [-0.2, 0) is 6.42 Å². The first-order chi connectivity index (χ1) is 8.30. The number of nitrogens with one attached hydrogen (secondary N) is 1. The SMILES string of the molecule is CC(C)CNCC(C)(C)CCc1cc(Cl)sc1Cl. The molecule has 0 atom stereocenters. The first-order valence-corrected chi connectivity index (χ1v) is 8.02. The van der Waals surface area contributed by atoms with Gasteiger partial charge in [0, 0.05) is 6.54 Å². The molecule has 4 heteroatoms. The molecule has 1 heterocycles. The monoisotopic (exact) mass is 307 g/mol. The zero-order valence-electron chi connectivity index (χ0n) is 11.6. The summed E-state index contributed by atoms with van der Waals surface area (Å²) in [6, 6.07) is 1.99. The Morgan fingerprint density at radius 1 is 1.33 bits per heavy atom. The highest BCUT2D eigenvalue weighted by Gasteiger charge is 2.18. The Hall–Kier alpha value is 0.240. The van der Waals surface area contributed by atoms with Crippen LogP contribution in [0.15, 0.2) is 6.07 Å². The van der Waals surface area contributed by atoms with E-state index < -0.39 is 0 Å². The van der Waals surface area contributed by atoms with E-state index in [0.717, 1.165) is 34.6 Å². The van der Waals surface area contributed by atoms with Crippen molar-refractivity contribution in [2.24, 2.45) is 11.3 Å². The minimum atomic E-state index is 0.284. The van der Waals surface area contributed by atoms with Gasteiger partial charge in [0.15, 0.2) is 0 Å². The molecule has 0 aromatic carbocycles. The van der Waals surface area contributed by atoms with Gasteiger partial charge in [-0.1, -0.05) is 50.9 Å². The van der Waals surface area contributed by atoms with E-state index in [1.165, 1.54) is 16.9 Å². The van der Waals surface area contributed by atoms with Gasteiger partial charge in [0.1, 0.15) is 0 Å². The molecule has 0 radical (unpaired) electrons. The Morgan fingerprint density at radius 3 is 2.50 bits per heavy atom. The van der Waals surface area contributed by atoms with Crippen LogP contribution in [0.1, 0.15) is 39.7 Å². The highest BCUT2D eigenvalue weighted by Crippen LogP contribution is 2.33. The van der Waals surface area contributed by atoms with E-state index >= 15 is 0 Å². The molecule has 1 aromatic rings.